The molecule has 1 atom stereocenters. The first-order valence-electron chi connectivity index (χ1n) is 7.34. The second kappa shape index (κ2) is 7.46. The van der Waals surface area contributed by atoms with Crippen molar-refractivity contribution in [1.82, 2.24) is 0 Å². The zero-order valence-corrected chi connectivity index (χ0v) is 12.6. The van der Waals surface area contributed by atoms with Gasteiger partial charge in [0.2, 0.25) is 5.91 Å². The molecule has 1 aromatic carbocycles. The number of carbonyl (C=O) groups is 2. The molecular weight excluding hydrogens is 290 g/mol. The fourth-order valence-corrected chi connectivity index (χ4v) is 3.06. The van der Waals surface area contributed by atoms with E-state index in [9.17, 15) is 14.7 Å². The van der Waals surface area contributed by atoms with Crippen LogP contribution in [0.2, 0.25) is 5.02 Å². The van der Waals surface area contributed by atoms with E-state index in [2.05, 4.69) is 5.32 Å². The zero-order valence-electron chi connectivity index (χ0n) is 11.8. The Bertz CT molecular complexity index is 495. The van der Waals surface area contributed by atoms with Crippen LogP contribution in [0.4, 0.5) is 5.69 Å². The van der Waals surface area contributed by atoms with Crippen molar-refractivity contribution in [3.8, 4) is 0 Å². The quantitative estimate of drug-likeness (QED) is 0.865. The molecular formula is C16H20ClNO3. The molecule has 0 bridgehead atoms. The summed E-state index contributed by atoms with van der Waals surface area (Å²) in [7, 11) is 0. The maximum Gasteiger partial charge on any atom is 0.307 e. The Morgan fingerprint density at radius 2 is 1.81 bits per heavy atom. The van der Waals surface area contributed by atoms with Gasteiger partial charge in [-0.2, -0.15) is 0 Å². The van der Waals surface area contributed by atoms with Crippen molar-refractivity contribution in [3.63, 3.8) is 0 Å². The van der Waals surface area contributed by atoms with Crippen LogP contribution >= 0.6 is 11.6 Å². The second-order valence-electron chi connectivity index (χ2n) is 5.60. The third-order valence-corrected chi connectivity index (χ3v) is 4.32. The number of anilines is 1. The summed E-state index contributed by atoms with van der Waals surface area (Å²) in [5.74, 6) is -1.59. The van der Waals surface area contributed by atoms with Crippen LogP contribution in [-0.2, 0) is 9.59 Å². The minimum absolute atomic E-state index is 0.0304. The first-order chi connectivity index (χ1) is 10.1. The van der Waals surface area contributed by atoms with Gasteiger partial charge in [-0.05, 0) is 43.0 Å². The number of rotatable bonds is 5. The van der Waals surface area contributed by atoms with Gasteiger partial charge in [0.1, 0.15) is 0 Å². The number of benzene rings is 1. The number of halogens is 1. The molecule has 1 aliphatic rings. The Morgan fingerprint density at radius 1 is 1.19 bits per heavy atom. The van der Waals surface area contributed by atoms with Gasteiger partial charge >= 0.3 is 5.97 Å². The van der Waals surface area contributed by atoms with Crippen LogP contribution in [0.25, 0.3) is 0 Å². The predicted octanol–water partition coefficient (Wildman–Crippen LogP) is 3.95. The van der Waals surface area contributed by atoms with Gasteiger partial charge in [-0.25, -0.2) is 0 Å². The molecule has 0 spiro atoms. The molecule has 1 saturated carbocycles. The second-order valence-corrected chi connectivity index (χ2v) is 6.04. The number of hydrogen-bond donors (Lipinski definition) is 2. The predicted molar refractivity (Wildman–Crippen MR) is 82.4 cm³/mol. The highest BCUT2D eigenvalue weighted by atomic mass is 35.5. The Hall–Kier alpha value is -1.55. The topological polar surface area (TPSA) is 66.4 Å². The molecule has 0 heterocycles. The van der Waals surface area contributed by atoms with Crippen molar-refractivity contribution in [2.75, 3.05) is 5.32 Å². The van der Waals surface area contributed by atoms with E-state index in [1.165, 1.54) is 6.42 Å². The van der Waals surface area contributed by atoms with Crippen molar-refractivity contribution in [2.45, 2.75) is 38.5 Å². The van der Waals surface area contributed by atoms with E-state index in [0.717, 1.165) is 25.7 Å². The fourth-order valence-electron chi connectivity index (χ4n) is 2.94. The zero-order chi connectivity index (χ0) is 15.2. The first kappa shape index (κ1) is 15.8. The number of carbonyl (C=O) groups excluding carboxylic acids is 1. The van der Waals surface area contributed by atoms with Crippen LogP contribution in [0.1, 0.15) is 38.5 Å². The first-order valence-corrected chi connectivity index (χ1v) is 7.72. The minimum atomic E-state index is -0.867. The van der Waals surface area contributed by atoms with E-state index in [4.69, 9.17) is 11.6 Å². The van der Waals surface area contributed by atoms with Gasteiger partial charge < -0.3 is 10.4 Å². The summed E-state index contributed by atoms with van der Waals surface area (Å²) in [6, 6.07) is 6.78. The van der Waals surface area contributed by atoms with Crippen molar-refractivity contribution in [1.29, 1.82) is 0 Å². The highest BCUT2D eigenvalue weighted by Crippen LogP contribution is 2.32. The van der Waals surface area contributed by atoms with Gasteiger partial charge in [-0.15, -0.1) is 0 Å². The van der Waals surface area contributed by atoms with E-state index in [1.54, 1.807) is 24.3 Å². The van der Waals surface area contributed by atoms with Gasteiger partial charge in [0.15, 0.2) is 0 Å². The Labute approximate surface area is 129 Å². The van der Waals surface area contributed by atoms with Crippen LogP contribution in [0.15, 0.2) is 24.3 Å². The molecule has 1 aromatic rings. The lowest BCUT2D eigenvalue weighted by atomic mass is 9.78. The highest BCUT2D eigenvalue weighted by molar-refractivity contribution is 6.30. The summed E-state index contributed by atoms with van der Waals surface area (Å²) in [5, 5.41) is 12.7. The molecule has 1 amide bonds. The Balaban J connectivity index is 1.94. The van der Waals surface area contributed by atoms with Crippen LogP contribution < -0.4 is 5.32 Å². The monoisotopic (exact) mass is 309 g/mol. The average molecular weight is 310 g/mol. The molecule has 1 aliphatic carbocycles. The fraction of sp³-hybridized carbons (Fsp3) is 0.500. The molecule has 4 nitrogen and oxygen atoms in total. The van der Waals surface area contributed by atoms with Crippen molar-refractivity contribution in [2.24, 2.45) is 11.8 Å². The van der Waals surface area contributed by atoms with E-state index >= 15 is 0 Å². The summed E-state index contributed by atoms with van der Waals surface area (Å²) in [5.41, 5.74) is 0.636. The standard InChI is InChI=1S/C16H20ClNO3/c17-12-6-8-13(9-7-12)18-15(19)10-14(16(20)21)11-4-2-1-3-5-11/h6-9,11,14H,1-5,10H2,(H,18,19)(H,20,21)/t14-/m1/s1. The smallest absolute Gasteiger partial charge is 0.307 e. The third-order valence-electron chi connectivity index (χ3n) is 4.07. The molecule has 2 rings (SSSR count). The summed E-state index contributed by atoms with van der Waals surface area (Å²) in [4.78, 5) is 23.5. The summed E-state index contributed by atoms with van der Waals surface area (Å²) in [6.07, 6.45) is 5.14. The van der Waals surface area contributed by atoms with Crippen molar-refractivity contribution in [3.05, 3.63) is 29.3 Å². The van der Waals surface area contributed by atoms with Crippen LogP contribution in [0, 0.1) is 11.8 Å². The number of nitrogens with one attached hydrogen (secondary N) is 1. The summed E-state index contributed by atoms with van der Waals surface area (Å²) >= 11 is 5.79. The van der Waals surface area contributed by atoms with E-state index in [-0.39, 0.29) is 18.2 Å². The number of aliphatic carboxylic acids is 1. The lowest BCUT2D eigenvalue weighted by molar-refractivity contribution is -0.146. The molecule has 0 radical (unpaired) electrons. The normalized spacial score (nSPS) is 17.2. The van der Waals surface area contributed by atoms with Gasteiger partial charge in [-0.1, -0.05) is 30.9 Å². The summed E-state index contributed by atoms with van der Waals surface area (Å²) < 4.78 is 0. The van der Waals surface area contributed by atoms with Crippen LogP contribution in [0.3, 0.4) is 0 Å². The molecule has 0 saturated heterocycles. The number of carboxylic acid groups (broad SMARTS) is 1. The number of amides is 1. The molecule has 0 unspecified atom stereocenters. The van der Waals surface area contributed by atoms with Gasteiger partial charge in [0.25, 0.3) is 0 Å². The maximum absolute atomic E-state index is 12.0. The molecule has 5 heteroatoms. The largest absolute Gasteiger partial charge is 0.481 e. The Kier molecular flexibility index (Phi) is 5.62. The number of carboxylic acids is 1. The highest BCUT2D eigenvalue weighted by Gasteiger charge is 2.31. The molecule has 21 heavy (non-hydrogen) atoms. The summed E-state index contributed by atoms with van der Waals surface area (Å²) in [6.45, 7) is 0. The Morgan fingerprint density at radius 3 is 2.38 bits per heavy atom. The maximum atomic E-state index is 12.0. The molecule has 2 N–H and O–H groups in total. The van der Waals surface area contributed by atoms with Crippen LogP contribution in [-0.4, -0.2) is 17.0 Å². The number of hydrogen-bond acceptors (Lipinski definition) is 2. The molecule has 0 aromatic heterocycles. The third kappa shape index (κ3) is 4.74. The van der Waals surface area contributed by atoms with E-state index in [1.807, 2.05) is 0 Å². The van der Waals surface area contributed by atoms with Crippen molar-refractivity contribution >= 4 is 29.2 Å². The minimum Gasteiger partial charge on any atom is -0.481 e. The van der Waals surface area contributed by atoms with E-state index < -0.39 is 11.9 Å². The molecule has 1 fully saturated rings. The SMILES string of the molecule is O=C(C[C@@H](C(=O)O)C1CCCCC1)Nc1ccc(Cl)cc1. The average Bonchev–Trinajstić information content (AvgIpc) is 2.48. The lowest BCUT2D eigenvalue weighted by Gasteiger charge is -2.27. The molecule has 0 aliphatic heterocycles. The van der Waals surface area contributed by atoms with Gasteiger partial charge in [0.05, 0.1) is 5.92 Å². The van der Waals surface area contributed by atoms with Crippen molar-refractivity contribution < 1.29 is 14.7 Å². The van der Waals surface area contributed by atoms with Gasteiger partial charge in [-0.3, -0.25) is 9.59 Å². The van der Waals surface area contributed by atoms with E-state index in [0.29, 0.717) is 10.7 Å². The lowest BCUT2D eigenvalue weighted by Crippen LogP contribution is -2.30. The molecule has 114 valence electrons. The van der Waals surface area contributed by atoms with Crippen LogP contribution in [0.5, 0.6) is 0 Å². The van der Waals surface area contributed by atoms with Gasteiger partial charge in [0, 0.05) is 17.1 Å².